The first-order valence-electron chi connectivity index (χ1n) is 8.65. The normalized spacial score (nSPS) is 13.4. The first-order chi connectivity index (χ1) is 11.2. The van der Waals surface area contributed by atoms with Crippen molar-refractivity contribution in [3.63, 3.8) is 0 Å². The van der Waals surface area contributed by atoms with E-state index in [2.05, 4.69) is 37.3 Å². The van der Waals surface area contributed by atoms with Crippen LogP contribution in [0.3, 0.4) is 0 Å². The molecular formula is C21H24O2. The molecule has 0 aliphatic heterocycles. The first-order valence-corrected chi connectivity index (χ1v) is 8.65. The Morgan fingerprint density at radius 1 is 1.04 bits per heavy atom. The monoisotopic (exact) mass is 308 g/mol. The van der Waals surface area contributed by atoms with E-state index in [1.165, 1.54) is 35.1 Å². The van der Waals surface area contributed by atoms with Gasteiger partial charge in [-0.1, -0.05) is 75.1 Å². The van der Waals surface area contributed by atoms with Crippen LogP contribution in [0.15, 0.2) is 42.5 Å². The summed E-state index contributed by atoms with van der Waals surface area (Å²) in [6, 6.07) is 14.6. The van der Waals surface area contributed by atoms with Gasteiger partial charge in [-0.25, -0.2) is 0 Å². The molecule has 2 heteroatoms. The van der Waals surface area contributed by atoms with Crippen LogP contribution in [-0.4, -0.2) is 11.1 Å². The summed E-state index contributed by atoms with van der Waals surface area (Å²) in [4.78, 5) is 11.8. The Morgan fingerprint density at radius 3 is 2.61 bits per heavy atom. The van der Waals surface area contributed by atoms with Gasteiger partial charge in [-0.2, -0.15) is 0 Å². The average molecular weight is 308 g/mol. The van der Waals surface area contributed by atoms with Crippen LogP contribution in [0, 0.1) is 0 Å². The van der Waals surface area contributed by atoms with Crippen molar-refractivity contribution >= 4 is 5.97 Å². The van der Waals surface area contributed by atoms with Gasteiger partial charge >= 0.3 is 5.97 Å². The van der Waals surface area contributed by atoms with E-state index in [9.17, 15) is 9.90 Å². The number of carboxylic acids is 1. The fourth-order valence-corrected chi connectivity index (χ4v) is 3.70. The van der Waals surface area contributed by atoms with Gasteiger partial charge in [-0.3, -0.25) is 4.79 Å². The number of carbonyl (C=O) groups is 1. The fraction of sp³-hybridized carbons (Fsp3) is 0.381. The zero-order chi connectivity index (χ0) is 16.2. The van der Waals surface area contributed by atoms with Gasteiger partial charge in [0.15, 0.2) is 0 Å². The molecule has 23 heavy (non-hydrogen) atoms. The van der Waals surface area contributed by atoms with Crippen molar-refractivity contribution in [3.05, 3.63) is 59.2 Å². The zero-order valence-electron chi connectivity index (χ0n) is 13.7. The Kier molecular flexibility index (Phi) is 4.80. The molecule has 2 nitrogen and oxygen atoms in total. The van der Waals surface area contributed by atoms with Crippen LogP contribution in [0.4, 0.5) is 0 Å². The van der Waals surface area contributed by atoms with E-state index in [1.54, 1.807) is 0 Å². The van der Waals surface area contributed by atoms with Crippen LogP contribution in [0.5, 0.6) is 0 Å². The average Bonchev–Trinajstić information content (AvgIpc) is 2.94. The molecule has 0 heterocycles. The molecule has 0 saturated carbocycles. The van der Waals surface area contributed by atoms with Gasteiger partial charge in [-0.15, -0.1) is 0 Å². The van der Waals surface area contributed by atoms with Crippen LogP contribution in [0.25, 0.3) is 11.1 Å². The van der Waals surface area contributed by atoms with Crippen LogP contribution < -0.4 is 0 Å². The fourth-order valence-electron chi connectivity index (χ4n) is 3.70. The van der Waals surface area contributed by atoms with Crippen molar-refractivity contribution in [1.29, 1.82) is 0 Å². The van der Waals surface area contributed by atoms with Crippen LogP contribution >= 0.6 is 0 Å². The summed E-state index contributed by atoms with van der Waals surface area (Å²) >= 11 is 0. The summed E-state index contributed by atoms with van der Waals surface area (Å²) in [5.41, 5.74) is 6.03. The minimum atomic E-state index is -0.689. The van der Waals surface area contributed by atoms with Crippen LogP contribution in [0.2, 0.25) is 0 Å². The lowest BCUT2D eigenvalue weighted by Gasteiger charge is -2.16. The number of rotatable bonds is 7. The van der Waals surface area contributed by atoms with Gasteiger partial charge in [0.1, 0.15) is 0 Å². The van der Waals surface area contributed by atoms with Crippen molar-refractivity contribution in [1.82, 2.24) is 0 Å². The van der Waals surface area contributed by atoms with E-state index in [0.717, 1.165) is 31.2 Å². The molecule has 120 valence electrons. The molecule has 1 aliphatic rings. The summed E-state index contributed by atoms with van der Waals surface area (Å²) < 4.78 is 0. The third kappa shape index (κ3) is 3.17. The van der Waals surface area contributed by atoms with Gasteiger partial charge in [0.05, 0.1) is 5.92 Å². The predicted molar refractivity (Wildman–Crippen MR) is 93.8 cm³/mol. The molecule has 0 amide bonds. The van der Waals surface area contributed by atoms with Gasteiger partial charge in [0.2, 0.25) is 0 Å². The van der Waals surface area contributed by atoms with Gasteiger partial charge in [-0.05, 0) is 40.7 Å². The van der Waals surface area contributed by atoms with Crippen molar-refractivity contribution in [2.75, 3.05) is 0 Å². The third-order valence-corrected chi connectivity index (χ3v) is 4.91. The lowest BCUT2D eigenvalue weighted by molar-refractivity contribution is -0.139. The molecule has 2 aromatic rings. The number of benzene rings is 2. The van der Waals surface area contributed by atoms with E-state index < -0.39 is 5.97 Å². The first kappa shape index (κ1) is 15.8. The number of hydrogen-bond acceptors (Lipinski definition) is 1. The summed E-state index contributed by atoms with van der Waals surface area (Å²) in [7, 11) is 0. The Hall–Kier alpha value is -2.09. The van der Waals surface area contributed by atoms with Crippen LogP contribution in [-0.2, 0) is 11.2 Å². The molecular weight excluding hydrogens is 284 g/mol. The molecule has 0 bridgehead atoms. The Balaban J connectivity index is 1.89. The molecule has 1 N–H and O–H groups in total. The van der Waals surface area contributed by atoms with E-state index >= 15 is 0 Å². The van der Waals surface area contributed by atoms with E-state index in [0.29, 0.717) is 0 Å². The highest BCUT2D eigenvalue weighted by atomic mass is 16.4. The molecule has 1 atom stereocenters. The minimum absolute atomic E-state index is 0.379. The number of carboxylic acid groups (broad SMARTS) is 1. The molecule has 0 spiro atoms. The summed E-state index contributed by atoms with van der Waals surface area (Å²) in [6.45, 7) is 2.18. The quantitative estimate of drug-likeness (QED) is 0.594. The largest absolute Gasteiger partial charge is 0.481 e. The minimum Gasteiger partial charge on any atom is -0.481 e. The summed E-state index contributed by atoms with van der Waals surface area (Å²) in [6.07, 6.45) is 6.07. The van der Waals surface area contributed by atoms with E-state index in [4.69, 9.17) is 0 Å². The number of aliphatic carboxylic acids is 1. The van der Waals surface area contributed by atoms with Crippen molar-refractivity contribution in [2.45, 2.75) is 51.4 Å². The smallest absolute Gasteiger partial charge is 0.310 e. The third-order valence-electron chi connectivity index (χ3n) is 4.91. The number of fused-ring (bicyclic) bond motifs is 3. The molecule has 0 fully saturated rings. The van der Waals surface area contributed by atoms with Gasteiger partial charge in [0, 0.05) is 0 Å². The van der Waals surface area contributed by atoms with E-state index in [-0.39, 0.29) is 5.92 Å². The molecule has 0 radical (unpaired) electrons. The predicted octanol–water partition coefficient (Wildman–Crippen LogP) is 5.40. The topological polar surface area (TPSA) is 37.3 Å². The Labute approximate surface area is 138 Å². The lowest BCUT2D eigenvalue weighted by Crippen LogP contribution is -2.13. The zero-order valence-corrected chi connectivity index (χ0v) is 13.7. The second-order valence-electron chi connectivity index (χ2n) is 6.45. The molecule has 0 saturated heterocycles. The maximum atomic E-state index is 11.8. The SMILES string of the molecule is CCCCCCC(C(=O)O)c1cccc2c1Cc1ccccc1-2. The number of unbranched alkanes of at least 4 members (excludes halogenated alkanes) is 3. The van der Waals surface area contributed by atoms with Crippen LogP contribution in [0.1, 0.15) is 61.6 Å². The molecule has 3 rings (SSSR count). The van der Waals surface area contributed by atoms with E-state index in [1.807, 2.05) is 12.1 Å². The Bertz CT molecular complexity index is 703. The molecule has 2 aromatic carbocycles. The van der Waals surface area contributed by atoms with Crippen molar-refractivity contribution in [2.24, 2.45) is 0 Å². The molecule has 0 aromatic heterocycles. The maximum absolute atomic E-state index is 11.8. The standard InChI is InChI=1S/C21H24O2/c1-2-3-4-5-11-19(21(22)23)18-13-8-12-17-16-10-7-6-9-15(16)14-20(17)18/h6-10,12-13,19H,2-5,11,14H2,1H3,(H,22,23). The molecule has 1 aliphatic carbocycles. The summed E-state index contributed by atoms with van der Waals surface area (Å²) in [5, 5.41) is 9.73. The maximum Gasteiger partial charge on any atom is 0.310 e. The second kappa shape index (κ2) is 6.99. The molecule has 1 unspecified atom stereocenters. The highest BCUT2D eigenvalue weighted by Gasteiger charge is 2.27. The highest BCUT2D eigenvalue weighted by Crippen LogP contribution is 2.41. The second-order valence-corrected chi connectivity index (χ2v) is 6.45. The lowest BCUT2D eigenvalue weighted by atomic mass is 9.87. The Morgan fingerprint density at radius 2 is 1.83 bits per heavy atom. The van der Waals surface area contributed by atoms with Crippen molar-refractivity contribution in [3.8, 4) is 11.1 Å². The summed E-state index contributed by atoms with van der Waals surface area (Å²) in [5.74, 6) is -1.07. The van der Waals surface area contributed by atoms with Crippen molar-refractivity contribution < 1.29 is 9.90 Å². The highest BCUT2D eigenvalue weighted by molar-refractivity contribution is 5.82. The van der Waals surface area contributed by atoms with Gasteiger partial charge < -0.3 is 5.11 Å². The number of hydrogen-bond donors (Lipinski definition) is 1. The van der Waals surface area contributed by atoms with Gasteiger partial charge in [0.25, 0.3) is 0 Å².